The first-order chi connectivity index (χ1) is 12.6. The lowest BCUT2D eigenvalue weighted by atomic mass is 9.93. The number of hydrogen-bond acceptors (Lipinski definition) is 5. The van der Waals surface area contributed by atoms with E-state index in [-0.39, 0.29) is 5.91 Å². The second-order valence-corrected chi connectivity index (χ2v) is 6.69. The first-order valence-corrected chi connectivity index (χ1v) is 9.74. The number of amides is 1. The van der Waals surface area contributed by atoms with Gasteiger partial charge in [0, 0.05) is 18.8 Å². The Morgan fingerprint density at radius 1 is 1.15 bits per heavy atom. The molecule has 1 heterocycles. The second kappa shape index (κ2) is 10.5. The van der Waals surface area contributed by atoms with Crippen molar-refractivity contribution in [3.63, 3.8) is 0 Å². The van der Waals surface area contributed by atoms with Crippen molar-refractivity contribution in [3.8, 4) is 5.88 Å². The summed E-state index contributed by atoms with van der Waals surface area (Å²) in [6.45, 7) is 8.01. The summed E-state index contributed by atoms with van der Waals surface area (Å²) in [6, 6.07) is 1.89. The summed E-state index contributed by atoms with van der Waals surface area (Å²) >= 11 is 0. The number of nitrogens with one attached hydrogen (secondary N) is 1. The molecule has 146 valence electrons. The van der Waals surface area contributed by atoms with Crippen LogP contribution >= 0.6 is 0 Å². The van der Waals surface area contributed by atoms with Crippen LogP contribution in [0.15, 0.2) is 12.3 Å². The minimum atomic E-state index is -0.716. The van der Waals surface area contributed by atoms with Gasteiger partial charge in [0.15, 0.2) is 0 Å². The highest BCUT2D eigenvalue weighted by Gasteiger charge is 2.39. The third-order valence-electron chi connectivity index (χ3n) is 4.70. The predicted octanol–water partition coefficient (Wildman–Crippen LogP) is 3.87. The van der Waals surface area contributed by atoms with E-state index < -0.39 is 5.60 Å². The number of hydrogen-bond donors (Lipinski definition) is 1. The minimum absolute atomic E-state index is 0.0625. The number of carbonyl (C=O) groups is 1. The highest BCUT2D eigenvalue weighted by Crippen LogP contribution is 2.32. The lowest BCUT2D eigenvalue weighted by Gasteiger charge is -2.31. The highest BCUT2D eigenvalue weighted by atomic mass is 16.5. The van der Waals surface area contributed by atoms with Crippen LogP contribution in [0.4, 0.5) is 5.69 Å². The number of aryl methyl sites for hydroxylation is 1. The van der Waals surface area contributed by atoms with Crippen molar-refractivity contribution in [1.29, 1.82) is 0 Å². The van der Waals surface area contributed by atoms with E-state index in [0.717, 1.165) is 44.1 Å². The van der Waals surface area contributed by atoms with Crippen LogP contribution in [0.3, 0.4) is 0 Å². The van der Waals surface area contributed by atoms with Crippen LogP contribution in [0.2, 0.25) is 0 Å². The molecule has 0 aliphatic heterocycles. The number of carbonyl (C=O) groups excluding carboxylic acids is 1. The van der Waals surface area contributed by atoms with Gasteiger partial charge in [-0.2, -0.15) is 0 Å². The Kier molecular flexibility index (Phi) is 8.32. The summed E-state index contributed by atoms with van der Waals surface area (Å²) in [6.07, 6.45) is 7.56. The van der Waals surface area contributed by atoms with Crippen molar-refractivity contribution in [2.45, 2.75) is 64.9 Å². The molecule has 0 saturated heterocycles. The van der Waals surface area contributed by atoms with Crippen molar-refractivity contribution >= 4 is 11.6 Å². The van der Waals surface area contributed by atoms with E-state index >= 15 is 0 Å². The summed E-state index contributed by atoms with van der Waals surface area (Å²) in [4.78, 5) is 17.3. The first-order valence-electron chi connectivity index (χ1n) is 9.74. The summed E-state index contributed by atoms with van der Waals surface area (Å²) < 4.78 is 16.8. The molecule has 1 saturated carbocycles. The Morgan fingerprint density at radius 2 is 1.88 bits per heavy atom. The molecule has 0 bridgehead atoms. The topological polar surface area (TPSA) is 69.7 Å². The molecule has 1 N–H and O–H groups in total. The summed E-state index contributed by atoms with van der Waals surface area (Å²) in [5.41, 5.74) is 0.838. The molecule has 0 atom stereocenters. The van der Waals surface area contributed by atoms with E-state index in [9.17, 15) is 4.79 Å². The van der Waals surface area contributed by atoms with E-state index in [0.29, 0.717) is 38.0 Å². The second-order valence-electron chi connectivity index (χ2n) is 6.69. The average molecular weight is 364 g/mol. The van der Waals surface area contributed by atoms with Crippen molar-refractivity contribution in [2.24, 2.45) is 0 Å². The lowest BCUT2D eigenvalue weighted by Crippen LogP contribution is -2.45. The molecule has 1 aliphatic carbocycles. The molecule has 0 spiro atoms. The van der Waals surface area contributed by atoms with Gasteiger partial charge in [0.1, 0.15) is 12.2 Å². The Labute approximate surface area is 156 Å². The maximum Gasteiger partial charge on any atom is 0.256 e. The maximum atomic E-state index is 13.0. The van der Waals surface area contributed by atoms with Gasteiger partial charge >= 0.3 is 0 Å². The molecular formula is C20H32N2O4. The quantitative estimate of drug-likeness (QED) is 0.532. The van der Waals surface area contributed by atoms with E-state index in [1.54, 1.807) is 6.20 Å². The number of pyridine rings is 1. The molecule has 0 radical (unpaired) electrons. The van der Waals surface area contributed by atoms with Crippen LogP contribution in [-0.4, -0.2) is 42.9 Å². The fraction of sp³-hybridized carbons (Fsp3) is 0.700. The normalized spacial score (nSPS) is 16.7. The van der Waals surface area contributed by atoms with E-state index in [2.05, 4.69) is 10.3 Å². The third-order valence-corrected chi connectivity index (χ3v) is 4.70. The molecule has 1 fully saturated rings. The maximum absolute atomic E-state index is 13.0. The van der Waals surface area contributed by atoms with Gasteiger partial charge in [-0.05, 0) is 39.7 Å². The zero-order valence-corrected chi connectivity index (χ0v) is 16.3. The van der Waals surface area contributed by atoms with Crippen LogP contribution in [-0.2, 0) is 14.3 Å². The van der Waals surface area contributed by atoms with E-state index in [4.69, 9.17) is 14.2 Å². The van der Waals surface area contributed by atoms with Gasteiger partial charge in [-0.25, -0.2) is 4.98 Å². The fourth-order valence-electron chi connectivity index (χ4n) is 3.38. The van der Waals surface area contributed by atoms with Gasteiger partial charge < -0.3 is 19.5 Å². The molecule has 6 nitrogen and oxygen atoms in total. The summed E-state index contributed by atoms with van der Waals surface area (Å²) in [5.74, 6) is 0.504. The van der Waals surface area contributed by atoms with Crippen molar-refractivity contribution < 1.29 is 19.0 Å². The predicted molar refractivity (Wildman–Crippen MR) is 102 cm³/mol. The zero-order chi connectivity index (χ0) is 18.8. The summed E-state index contributed by atoms with van der Waals surface area (Å²) in [7, 11) is 0. The molecular weight excluding hydrogens is 332 g/mol. The SMILES string of the molecule is CCOCCOc1ncc(NC(=O)C2(OCC)CCCCCC2)cc1C. The molecule has 1 aromatic rings. The number of nitrogens with zero attached hydrogens (tertiary/aromatic N) is 1. The smallest absolute Gasteiger partial charge is 0.256 e. The monoisotopic (exact) mass is 364 g/mol. The number of aromatic nitrogens is 1. The van der Waals surface area contributed by atoms with Gasteiger partial charge in [0.05, 0.1) is 18.5 Å². The Balaban J connectivity index is 2.01. The first kappa shape index (κ1) is 20.6. The molecule has 6 heteroatoms. The third kappa shape index (κ3) is 5.68. The van der Waals surface area contributed by atoms with Crippen LogP contribution in [0.25, 0.3) is 0 Å². The molecule has 0 aromatic carbocycles. The minimum Gasteiger partial charge on any atom is -0.475 e. The number of anilines is 1. The highest BCUT2D eigenvalue weighted by molar-refractivity contribution is 5.97. The molecule has 1 aromatic heterocycles. The van der Waals surface area contributed by atoms with Gasteiger partial charge in [0.2, 0.25) is 5.88 Å². The molecule has 2 rings (SSSR count). The largest absolute Gasteiger partial charge is 0.475 e. The Hall–Kier alpha value is -1.66. The van der Waals surface area contributed by atoms with Crippen LogP contribution in [0, 0.1) is 6.92 Å². The van der Waals surface area contributed by atoms with Crippen molar-refractivity contribution in [3.05, 3.63) is 17.8 Å². The number of ether oxygens (including phenoxy) is 3. The van der Waals surface area contributed by atoms with Crippen LogP contribution in [0.5, 0.6) is 5.88 Å². The average Bonchev–Trinajstić information content (AvgIpc) is 2.87. The Morgan fingerprint density at radius 3 is 2.50 bits per heavy atom. The Bertz CT molecular complexity index is 569. The lowest BCUT2D eigenvalue weighted by molar-refractivity contribution is -0.143. The van der Waals surface area contributed by atoms with Crippen molar-refractivity contribution in [1.82, 2.24) is 4.98 Å². The van der Waals surface area contributed by atoms with Gasteiger partial charge in [-0.15, -0.1) is 0 Å². The van der Waals surface area contributed by atoms with Crippen LogP contribution < -0.4 is 10.1 Å². The van der Waals surface area contributed by atoms with E-state index in [1.165, 1.54) is 0 Å². The van der Waals surface area contributed by atoms with Gasteiger partial charge in [0.25, 0.3) is 5.91 Å². The standard InChI is InChI=1S/C20H32N2O4/c1-4-24-12-13-25-18-16(3)14-17(15-21-18)22-19(23)20(26-5-2)10-8-6-7-9-11-20/h14-15H,4-13H2,1-3H3,(H,22,23). The van der Waals surface area contributed by atoms with Gasteiger partial charge in [-0.3, -0.25) is 4.79 Å². The molecule has 26 heavy (non-hydrogen) atoms. The zero-order valence-electron chi connectivity index (χ0n) is 16.3. The van der Waals surface area contributed by atoms with Crippen molar-refractivity contribution in [2.75, 3.05) is 31.7 Å². The molecule has 0 unspecified atom stereocenters. The van der Waals surface area contributed by atoms with Gasteiger partial charge in [-0.1, -0.05) is 25.7 Å². The van der Waals surface area contributed by atoms with E-state index in [1.807, 2.05) is 26.8 Å². The fourth-order valence-corrected chi connectivity index (χ4v) is 3.38. The molecule has 1 amide bonds. The molecule has 1 aliphatic rings. The summed E-state index contributed by atoms with van der Waals surface area (Å²) in [5, 5.41) is 3.00. The van der Waals surface area contributed by atoms with Crippen LogP contribution in [0.1, 0.15) is 57.9 Å². The number of rotatable bonds is 9.